The van der Waals surface area contributed by atoms with Gasteiger partial charge in [-0.1, -0.05) is 50.2 Å². The Hall–Kier alpha value is -2.96. The number of aromatic nitrogens is 2. The molecule has 1 aliphatic heterocycles. The zero-order valence-corrected chi connectivity index (χ0v) is 17.6. The van der Waals surface area contributed by atoms with Crippen molar-refractivity contribution >= 4 is 5.95 Å². The molecule has 4 rings (SSSR count). The summed E-state index contributed by atoms with van der Waals surface area (Å²) in [5.74, 6) is 1.53. The second kappa shape index (κ2) is 8.81. The lowest BCUT2D eigenvalue weighted by Gasteiger charge is -2.26. The van der Waals surface area contributed by atoms with E-state index in [4.69, 9.17) is 10.5 Å². The van der Waals surface area contributed by atoms with Crippen LogP contribution in [-0.2, 0) is 18.6 Å². The van der Waals surface area contributed by atoms with Gasteiger partial charge in [0.25, 0.3) is 0 Å². The van der Waals surface area contributed by atoms with Crippen LogP contribution in [0.2, 0.25) is 0 Å². The molecule has 0 bridgehead atoms. The molecule has 0 amide bonds. The van der Waals surface area contributed by atoms with Crippen molar-refractivity contribution in [2.45, 2.75) is 38.8 Å². The SMILES string of the molecule is CC(C)(c1ccc(CN)cc1)c1ccc(OCc2ccnc(N3CCCN3)n2)cc1. The highest BCUT2D eigenvalue weighted by molar-refractivity contribution is 5.41. The Bertz CT molecular complexity index is 964. The van der Waals surface area contributed by atoms with Gasteiger partial charge in [-0.15, -0.1) is 0 Å². The van der Waals surface area contributed by atoms with Crippen molar-refractivity contribution in [3.63, 3.8) is 0 Å². The highest BCUT2D eigenvalue weighted by atomic mass is 16.5. The molecule has 0 radical (unpaired) electrons. The first-order valence-electron chi connectivity index (χ1n) is 10.4. The second-order valence-corrected chi connectivity index (χ2v) is 8.10. The van der Waals surface area contributed by atoms with Crippen LogP contribution in [0.4, 0.5) is 5.95 Å². The summed E-state index contributed by atoms with van der Waals surface area (Å²) in [5.41, 5.74) is 13.4. The zero-order chi connectivity index (χ0) is 21.0. The maximum absolute atomic E-state index is 5.97. The normalized spacial score (nSPS) is 14.2. The van der Waals surface area contributed by atoms with E-state index in [-0.39, 0.29) is 5.41 Å². The van der Waals surface area contributed by atoms with Crippen LogP contribution in [0.15, 0.2) is 60.8 Å². The predicted molar refractivity (Wildman–Crippen MR) is 119 cm³/mol. The average Bonchev–Trinajstić information content (AvgIpc) is 3.33. The van der Waals surface area contributed by atoms with Gasteiger partial charge < -0.3 is 10.5 Å². The Morgan fingerprint density at radius 3 is 2.37 bits per heavy atom. The van der Waals surface area contributed by atoms with Gasteiger partial charge in [0.05, 0.1) is 5.69 Å². The number of nitrogens with one attached hydrogen (secondary N) is 1. The van der Waals surface area contributed by atoms with Gasteiger partial charge in [0.2, 0.25) is 5.95 Å². The van der Waals surface area contributed by atoms with E-state index in [1.807, 2.05) is 23.2 Å². The van der Waals surface area contributed by atoms with Gasteiger partial charge in [0.1, 0.15) is 12.4 Å². The molecule has 1 aromatic heterocycles. The van der Waals surface area contributed by atoms with Gasteiger partial charge in [-0.2, -0.15) is 0 Å². The highest BCUT2D eigenvalue weighted by Crippen LogP contribution is 2.32. The fraction of sp³-hybridized carbons (Fsp3) is 0.333. The number of hydrogen-bond acceptors (Lipinski definition) is 6. The standard InChI is InChI=1S/C24H29N5O/c1-24(2,19-6-4-18(16-25)5-7-19)20-8-10-22(11-9-20)30-17-21-12-14-26-23(28-21)29-15-3-13-27-29/h4-12,14,27H,3,13,15-17,25H2,1-2H3. The van der Waals surface area contributed by atoms with Crippen LogP contribution in [-0.4, -0.2) is 23.1 Å². The summed E-state index contributed by atoms with van der Waals surface area (Å²) in [7, 11) is 0. The maximum atomic E-state index is 5.97. The number of anilines is 1. The summed E-state index contributed by atoms with van der Waals surface area (Å²) in [4.78, 5) is 8.94. The molecular weight excluding hydrogens is 374 g/mol. The Labute approximate surface area is 178 Å². The van der Waals surface area contributed by atoms with Crippen molar-refractivity contribution in [2.24, 2.45) is 5.73 Å². The fourth-order valence-electron chi connectivity index (χ4n) is 3.65. The molecule has 6 heteroatoms. The van der Waals surface area contributed by atoms with Crippen LogP contribution >= 0.6 is 0 Å². The van der Waals surface area contributed by atoms with Crippen molar-refractivity contribution < 1.29 is 4.74 Å². The van der Waals surface area contributed by atoms with Crippen molar-refractivity contribution in [1.29, 1.82) is 0 Å². The molecule has 0 aliphatic carbocycles. The third-order valence-electron chi connectivity index (χ3n) is 5.68. The van der Waals surface area contributed by atoms with Crippen molar-refractivity contribution in [3.05, 3.63) is 83.2 Å². The minimum Gasteiger partial charge on any atom is -0.487 e. The van der Waals surface area contributed by atoms with Gasteiger partial charge in [-0.05, 0) is 41.3 Å². The van der Waals surface area contributed by atoms with Crippen molar-refractivity contribution in [1.82, 2.24) is 15.4 Å². The Kier molecular flexibility index (Phi) is 5.97. The Morgan fingerprint density at radius 2 is 1.73 bits per heavy atom. The number of hydrogen-bond donors (Lipinski definition) is 2. The summed E-state index contributed by atoms with van der Waals surface area (Å²) in [5, 5.41) is 1.99. The van der Waals surface area contributed by atoms with Crippen LogP contribution in [0.1, 0.15) is 42.7 Å². The molecule has 2 aromatic carbocycles. The van der Waals surface area contributed by atoms with E-state index in [9.17, 15) is 0 Å². The lowest BCUT2D eigenvalue weighted by atomic mass is 9.78. The van der Waals surface area contributed by atoms with Gasteiger partial charge in [-0.3, -0.25) is 5.01 Å². The number of rotatable bonds is 7. The molecule has 0 unspecified atom stereocenters. The van der Waals surface area contributed by atoms with E-state index in [0.717, 1.165) is 36.5 Å². The van der Waals surface area contributed by atoms with E-state index in [1.165, 1.54) is 11.1 Å². The minimum atomic E-state index is -0.101. The first kappa shape index (κ1) is 20.3. The smallest absolute Gasteiger partial charge is 0.240 e. The zero-order valence-electron chi connectivity index (χ0n) is 17.6. The molecule has 6 nitrogen and oxygen atoms in total. The van der Waals surface area contributed by atoms with Crippen LogP contribution in [0.3, 0.4) is 0 Å². The van der Waals surface area contributed by atoms with Crippen LogP contribution in [0, 0.1) is 0 Å². The third kappa shape index (κ3) is 4.45. The lowest BCUT2D eigenvalue weighted by molar-refractivity contribution is 0.301. The summed E-state index contributed by atoms with van der Waals surface area (Å²) in [6.45, 7) is 7.33. The quantitative estimate of drug-likeness (QED) is 0.628. The van der Waals surface area contributed by atoms with Gasteiger partial charge >= 0.3 is 0 Å². The van der Waals surface area contributed by atoms with Crippen molar-refractivity contribution in [3.8, 4) is 5.75 Å². The molecule has 0 atom stereocenters. The topological polar surface area (TPSA) is 76.3 Å². The molecule has 3 N–H and O–H groups in total. The Morgan fingerprint density at radius 1 is 1.03 bits per heavy atom. The monoisotopic (exact) mass is 403 g/mol. The first-order chi connectivity index (χ1) is 14.6. The van der Waals surface area contributed by atoms with E-state index in [1.54, 1.807) is 6.20 Å². The van der Waals surface area contributed by atoms with Gasteiger partial charge in [0, 0.05) is 31.2 Å². The molecule has 30 heavy (non-hydrogen) atoms. The van der Waals surface area contributed by atoms with E-state index >= 15 is 0 Å². The summed E-state index contributed by atoms with van der Waals surface area (Å²) in [6.07, 6.45) is 2.88. The molecule has 1 fully saturated rings. The van der Waals surface area contributed by atoms with E-state index in [0.29, 0.717) is 19.1 Å². The second-order valence-electron chi connectivity index (χ2n) is 8.10. The number of ether oxygens (including phenoxy) is 1. The lowest BCUT2D eigenvalue weighted by Crippen LogP contribution is -2.32. The fourth-order valence-corrected chi connectivity index (χ4v) is 3.65. The average molecular weight is 404 g/mol. The molecule has 0 saturated carbocycles. The summed E-state index contributed by atoms with van der Waals surface area (Å²) in [6, 6.07) is 18.7. The molecule has 1 aliphatic rings. The van der Waals surface area contributed by atoms with Crippen molar-refractivity contribution in [2.75, 3.05) is 18.1 Å². The number of hydrazine groups is 1. The number of nitrogens with zero attached hydrogens (tertiary/aromatic N) is 3. The summed E-state index contributed by atoms with van der Waals surface area (Å²) >= 11 is 0. The molecule has 0 spiro atoms. The largest absolute Gasteiger partial charge is 0.487 e. The van der Waals surface area contributed by atoms with Gasteiger partial charge in [0.15, 0.2) is 0 Å². The van der Waals surface area contributed by atoms with E-state index in [2.05, 4.69) is 65.6 Å². The molecule has 156 valence electrons. The minimum absolute atomic E-state index is 0.101. The number of benzene rings is 2. The molecule has 3 aromatic rings. The predicted octanol–water partition coefficient (Wildman–Crippen LogP) is 3.55. The van der Waals surface area contributed by atoms with Crippen LogP contribution in [0.25, 0.3) is 0 Å². The molecular formula is C24H29N5O. The molecule has 2 heterocycles. The van der Waals surface area contributed by atoms with Crippen LogP contribution in [0.5, 0.6) is 5.75 Å². The van der Waals surface area contributed by atoms with Gasteiger partial charge in [-0.25, -0.2) is 15.4 Å². The Balaban J connectivity index is 1.41. The summed E-state index contributed by atoms with van der Waals surface area (Å²) < 4.78 is 5.97. The maximum Gasteiger partial charge on any atom is 0.240 e. The van der Waals surface area contributed by atoms with Crippen LogP contribution < -0.4 is 20.9 Å². The molecule has 1 saturated heterocycles. The highest BCUT2D eigenvalue weighted by Gasteiger charge is 2.23. The number of nitrogens with two attached hydrogens (primary N) is 1. The van der Waals surface area contributed by atoms with E-state index < -0.39 is 0 Å². The first-order valence-corrected chi connectivity index (χ1v) is 10.4. The third-order valence-corrected chi connectivity index (χ3v) is 5.68.